The highest BCUT2D eigenvalue weighted by atomic mass is 32.1. The van der Waals surface area contributed by atoms with Gasteiger partial charge in [0, 0.05) is 9.75 Å². The van der Waals surface area contributed by atoms with Crippen LogP contribution in [0.5, 0.6) is 0 Å². The minimum Gasteiger partial charge on any atom is -0.462 e. The fraction of sp³-hybridized carbons (Fsp3) is 0.429. The Bertz CT molecular complexity index is 454. The minimum absolute atomic E-state index is 0.0618. The van der Waals surface area contributed by atoms with E-state index in [4.69, 9.17) is 9.47 Å². The number of ether oxygens (including phenoxy) is 2. The molecule has 104 valence electrons. The van der Waals surface area contributed by atoms with Crippen molar-refractivity contribution in [1.29, 1.82) is 0 Å². The van der Waals surface area contributed by atoms with Crippen LogP contribution >= 0.6 is 11.3 Å². The molecule has 0 N–H and O–H groups in total. The van der Waals surface area contributed by atoms with Crippen molar-refractivity contribution in [3.05, 3.63) is 27.5 Å². The summed E-state index contributed by atoms with van der Waals surface area (Å²) >= 11 is 1.54. The molecule has 0 aromatic carbocycles. The fourth-order valence-electron chi connectivity index (χ4n) is 1.42. The molecule has 5 heteroatoms. The first kappa shape index (κ1) is 15.4. The lowest BCUT2D eigenvalue weighted by atomic mass is 10.2. The van der Waals surface area contributed by atoms with Crippen LogP contribution < -0.4 is 0 Å². The highest BCUT2D eigenvalue weighted by Crippen LogP contribution is 2.20. The van der Waals surface area contributed by atoms with Crippen LogP contribution in [0.3, 0.4) is 0 Å². The molecule has 4 nitrogen and oxygen atoms in total. The van der Waals surface area contributed by atoms with Gasteiger partial charge >= 0.3 is 11.9 Å². The van der Waals surface area contributed by atoms with Crippen LogP contribution in [0.15, 0.2) is 17.7 Å². The molecule has 0 saturated heterocycles. The molecule has 1 heterocycles. The molecule has 0 unspecified atom stereocenters. The van der Waals surface area contributed by atoms with E-state index >= 15 is 0 Å². The fourth-order valence-corrected chi connectivity index (χ4v) is 2.32. The molecule has 0 amide bonds. The first-order chi connectivity index (χ1) is 9.12. The Morgan fingerprint density at radius 3 is 2.11 bits per heavy atom. The molecule has 0 aliphatic carbocycles. The second-order valence-corrected chi connectivity index (χ2v) is 4.86. The first-order valence-corrected chi connectivity index (χ1v) is 7.08. The topological polar surface area (TPSA) is 52.6 Å². The molecule has 0 aliphatic rings. The number of carbonyl (C=O) groups excluding carboxylic acids is 2. The Hall–Kier alpha value is -1.62. The van der Waals surface area contributed by atoms with Crippen LogP contribution in [0.25, 0.3) is 6.08 Å². The molecule has 0 saturated carbocycles. The second-order valence-electron chi connectivity index (χ2n) is 3.66. The number of carbonyl (C=O) groups is 2. The van der Waals surface area contributed by atoms with Crippen molar-refractivity contribution < 1.29 is 19.1 Å². The van der Waals surface area contributed by atoms with Crippen LogP contribution in [0.1, 0.15) is 30.5 Å². The molecule has 19 heavy (non-hydrogen) atoms. The van der Waals surface area contributed by atoms with E-state index in [-0.39, 0.29) is 18.8 Å². The zero-order valence-electron chi connectivity index (χ0n) is 11.4. The molecule has 0 aliphatic heterocycles. The number of hydrogen-bond acceptors (Lipinski definition) is 5. The van der Waals surface area contributed by atoms with E-state index in [1.54, 1.807) is 25.2 Å². The van der Waals surface area contributed by atoms with Gasteiger partial charge in [-0.05, 0) is 38.5 Å². The van der Waals surface area contributed by atoms with E-state index in [1.165, 1.54) is 11.0 Å². The minimum atomic E-state index is -0.646. The number of hydrogen-bond donors (Lipinski definition) is 0. The van der Waals surface area contributed by atoms with Crippen LogP contribution in [-0.2, 0) is 25.5 Å². The maximum Gasteiger partial charge on any atom is 0.345 e. The number of thiophene rings is 1. The summed E-state index contributed by atoms with van der Waals surface area (Å²) in [5.74, 6) is -1.29. The Morgan fingerprint density at radius 1 is 1.11 bits per heavy atom. The predicted octanol–water partition coefficient (Wildman–Crippen LogP) is 2.82. The maximum absolute atomic E-state index is 11.8. The van der Waals surface area contributed by atoms with Gasteiger partial charge in [0.2, 0.25) is 0 Å². The van der Waals surface area contributed by atoms with Crippen molar-refractivity contribution in [2.45, 2.75) is 27.2 Å². The van der Waals surface area contributed by atoms with Crippen LogP contribution in [0.4, 0.5) is 0 Å². The zero-order valence-corrected chi connectivity index (χ0v) is 12.2. The number of rotatable bonds is 6. The van der Waals surface area contributed by atoms with Gasteiger partial charge in [0.05, 0.1) is 13.2 Å². The number of aryl methyl sites for hydroxylation is 1. The van der Waals surface area contributed by atoms with Crippen molar-refractivity contribution in [1.82, 2.24) is 0 Å². The highest BCUT2D eigenvalue weighted by molar-refractivity contribution is 7.12. The average Bonchev–Trinajstić information content (AvgIpc) is 2.84. The van der Waals surface area contributed by atoms with Gasteiger partial charge in [-0.15, -0.1) is 11.3 Å². The van der Waals surface area contributed by atoms with Gasteiger partial charge in [0.25, 0.3) is 0 Å². The smallest absolute Gasteiger partial charge is 0.345 e. The average molecular weight is 282 g/mol. The van der Waals surface area contributed by atoms with Crippen LogP contribution in [0.2, 0.25) is 0 Å². The van der Waals surface area contributed by atoms with Crippen molar-refractivity contribution in [2.75, 3.05) is 13.2 Å². The van der Waals surface area contributed by atoms with E-state index < -0.39 is 11.9 Å². The van der Waals surface area contributed by atoms with E-state index in [0.717, 1.165) is 11.3 Å². The summed E-state index contributed by atoms with van der Waals surface area (Å²) in [5.41, 5.74) is -0.0618. The van der Waals surface area contributed by atoms with Crippen molar-refractivity contribution in [3.63, 3.8) is 0 Å². The Morgan fingerprint density at radius 2 is 1.68 bits per heavy atom. The normalized spacial score (nSPS) is 9.84. The van der Waals surface area contributed by atoms with Gasteiger partial charge in [0.15, 0.2) is 0 Å². The van der Waals surface area contributed by atoms with Crippen molar-refractivity contribution >= 4 is 29.4 Å². The van der Waals surface area contributed by atoms with Gasteiger partial charge < -0.3 is 9.47 Å². The van der Waals surface area contributed by atoms with Gasteiger partial charge in [-0.2, -0.15) is 0 Å². The predicted molar refractivity (Wildman–Crippen MR) is 74.9 cm³/mol. The van der Waals surface area contributed by atoms with E-state index in [2.05, 4.69) is 6.92 Å². The summed E-state index contributed by atoms with van der Waals surface area (Å²) in [7, 11) is 0. The molecule has 0 radical (unpaired) electrons. The third-order valence-electron chi connectivity index (χ3n) is 2.31. The van der Waals surface area contributed by atoms with Gasteiger partial charge in [-0.1, -0.05) is 6.92 Å². The van der Waals surface area contributed by atoms with Gasteiger partial charge in [-0.25, -0.2) is 9.59 Å². The first-order valence-electron chi connectivity index (χ1n) is 6.27. The standard InChI is InChI=1S/C14H18O4S/c1-4-10-7-8-11(19-10)9-12(13(15)17-5-2)14(16)18-6-3/h7-9H,4-6H2,1-3H3. The summed E-state index contributed by atoms with van der Waals surface area (Å²) in [4.78, 5) is 25.5. The molecule has 0 fully saturated rings. The van der Waals surface area contributed by atoms with E-state index in [9.17, 15) is 9.59 Å². The summed E-state index contributed by atoms with van der Waals surface area (Å²) < 4.78 is 9.75. The summed E-state index contributed by atoms with van der Waals surface area (Å²) in [6.07, 6.45) is 2.45. The second kappa shape index (κ2) is 7.74. The van der Waals surface area contributed by atoms with Crippen molar-refractivity contribution in [3.8, 4) is 0 Å². The Kier molecular flexibility index (Phi) is 6.29. The summed E-state index contributed by atoms with van der Waals surface area (Å²) in [5, 5.41) is 0. The largest absolute Gasteiger partial charge is 0.462 e. The summed E-state index contributed by atoms with van der Waals surface area (Å²) in [6.45, 7) is 5.89. The van der Waals surface area contributed by atoms with Gasteiger partial charge in [0.1, 0.15) is 5.57 Å². The lowest BCUT2D eigenvalue weighted by Gasteiger charge is -2.05. The van der Waals surface area contributed by atoms with Crippen LogP contribution in [0, 0.1) is 0 Å². The van der Waals surface area contributed by atoms with Gasteiger partial charge in [-0.3, -0.25) is 0 Å². The highest BCUT2D eigenvalue weighted by Gasteiger charge is 2.21. The molecule has 0 bridgehead atoms. The quantitative estimate of drug-likeness (QED) is 0.348. The van der Waals surface area contributed by atoms with E-state index in [1.807, 2.05) is 12.1 Å². The molecule has 0 spiro atoms. The van der Waals surface area contributed by atoms with Crippen LogP contribution in [-0.4, -0.2) is 25.2 Å². The summed E-state index contributed by atoms with van der Waals surface area (Å²) in [6, 6.07) is 3.85. The Balaban J connectivity index is 3.00. The zero-order chi connectivity index (χ0) is 14.3. The SMILES string of the molecule is CCOC(=O)C(=Cc1ccc(CC)s1)C(=O)OCC. The lowest BCUT2D eigenvalue weighted by Crippen LogP contribution is -2.18. The molecule has 1 aromatic heterocycles. The molecule has 1 rings (SSSR count). The third kappa shape index (κ3) is 4.52. The number of esters is 2. The molecule has 1 aromatic rings. The maximum atomic E-state index is 11.8. The third-order valence-corrected chi connectivity index (χ3v) is 3.48. The lowest BCUT2D eigenvalue weighted by molar-refractivity contribution is -0.146. The van der Waals surface area contributed by atoms with E-state index in [0.29, 0.717) is 0 Å². The monoisotopic (exact) mass is 282 g/mol. The molecular formula is C14H18O4S. The molecular weight excluding hydrogens is 264 g/mol. The molecule has 0 atom stereocenters. The Labute approximate surface area is 117 Å². The van der Waals surface area contributed by atoms with Crippen molar-refractivity contribution in [2.24, 2.45) is 0 Å².